The molecule has 0 saturated carbocycles. The molecule has 1 aliphatic rings. The quantitative estimate of drug-likeness (QED) is 0.886. The molecule has 1 atom stereocenters. The van der Waals surface area contributed by atoms with Crippen LogP contribution in [0, 0.1) is 13.8 Å². The van der Waals surface area contributed by atoms with E-state index in [-0.39, 0.29) is 5.91 Å². The fourth-order valence-corrected chi connectivity index (χ4v) is 2.91. The van der Waals surface area contributed by atoms with Crippen molar-refractivity contribution >= 4 is 11.6 Å². The molecule has 1 aromatic carbocycles. The average molecular weight is 275 g/mol. The Balaban J connectivity index is 2.25. The third kappa shape index (κ3) is 2.72. The minimum atomic E-state index is -0.451. The van der Waals surface area contributed by atoms with E-state index in [2.05, 4.69) is 10.6 Å². The number of carbonyl (C=O) groups excluding carboxylic acids is 1. The van der Waals surface area contributed by atoms with E-state index in [0.717, 1.165) is 36.2 Å². The van der Waals surface area contributed by atoms with Gasteiger partial charge in [0.2, 0.25) is 5.91 Å². The van der Waals surface area contributed by atoms with E-state index in [1.807, 2.05) is 51.0 Å². The highest BCUT2D eigenvalue weighted by molar-refractivity contribution is 5.99. The molecule has 0 aliphatic carbocycles. The van der Waals surface area contributed by atoms with E-state index in [1.165, 1.54) is 0 Å². The molecule has 1 unspecified atom stereocenters. The Kier molecular flexibility index (Phi) is 4.45. The molecule has 0 spiro atoms. The van der Waals surface area contributed by atoms with Crippen molar-refractivity contribution in [1.82, 2.24) is 10.2 Å². The van der Waals surface area contributed by atoms with Gasteiger partial charge < -0.3 is 10.6 Å². The highest BCUT2D eigenvalue weighted by atomic mass is 16.2. The summed E-state index contributed by atoms with van der Waals surface area (Å²) in [4.78, 5) is 14.9. The number of rotatable bonds is 3. The predicted molar refractivity (Wildman–Crippen MR) is 83.1 cm³/mol. The van der Waals surface area contributed by atoms with Crippen molar-refractivity contribution in [3.05, 3.63) is 29.3 Å². The number of piperidine rings is 1. The first-order valence-electron chi connectivity index (χ1n) is 7.23. The van der Waals surface area contributed by atoms with Gasteiger partial charge in [-0.15, -0.1) is 0 Å². The third-order valence-electron chi connectivity index (χ3n) is 4.36. The minimum absolute atomic E-state index is 0.0899. The molecule has 4 heteroatoms. The lowest BCUT2D eigenvalue weighted by molar-refractivity contribution is -0.127. The van der Waals surface area contributed by atoms with Gasteiger partial charge in [-0.25, -0.2) is 0 Å². The summed E-state index contributed by atoms with van der Waals surface area (Å²) in [5, 5.41) is 6.50. The maximum Gasteiger partial charge on any atom is 0.246 e. The monoisotopic (exact) mass is 275 g/mol. The average Bonchev–Trinajstić information content (AvgIpc) is 2.43. The first-order chi connectivity index (χ1) is 9.47. The van der Waals surface area contributed by atoms with Gasteiger partial charge in [0.15, 0.2) is 0 Å². The number of nitrogens with one attached hydrogen (secondary N) is 2. The zero-order valence-electron chi connectivity index (χ0n) is 12.9. The zero-order valence-corrected chi connectivity index (χ0v) is 12.9. The number of benzene rings is 1. The Bertz CT molecular complexity index is 470. The van der Waals surface area contributed by atoms with Gasteiger partial charge in [0.05, 0.1) is 0 Å². The number of aryl methyl sites for hydroxylation is 2. The number of hydrogen-bond donors (Lipinski definition) is 2. The van der Waals surface area contributed by atoms with E-state index in [4.69, 9.17) is 0 Å². The minimum Gasteiger partial charge on any atom is -0.324 e. The topological polar surface area (TPSA) is 44.4 Å². The second kappa shape index (κ2) is 5.94. The van der Waals surface area contributed by atoms with Crippen LogP contribution in [0.25, 0.3) is 0 Å². The van der Waals surface area contributed by atoms with E-state index >= 15 is 0 Å². The van der Waals surface area contributed by atoms with Gasteiger partial charge in [-0.3, -0.25) is 9.69 Å². The molecule has 20 heavy (non-hydrogen) atoms. The highest BCUT2D eigenvalue weighted by Gasteiger charge is 2.41. The van der Waals surface area contributed by atoms with Gasteiger partial charge >= 0.3 is 0 Å². The van der Waals surface area contributed by atoms with E-state index in [1.54, 1.807) is 0 Å². The Labute approximate surface area is 121 Å². The van der Waals surface area contributed by atoms with Crippen molar-refractivity contribution in [2.24, 2.45) is 0 Å². The number of likely N-dealkylation sites (N-methyl/N-ethyl adjacent to an activating group) is 1. The number of hydrogen-bond acceptors (Lipinski definition) is 3. The second-order valence-electron chi connectivity index (χ2n) is 5.93. The maximum absolute atomic E-state index is 12.8. The predicted octanol–water partition coefficient (Wildman–Crippen LogP) is 1.93. The third-order valence-corrected chi connectivity index (χ3v) is 4.36. The largest absolute Gasteiger partial charge is 0.324 e. The molecule has 110 valence electrons. The number of amides is 1. The normalized spacial score (nSPS) is 22.9. The number of para-hydroxylation sites is 1. The molecule has 1 fully saturated rings. The van der Waals surface area contributed by atoms with Gasteiger partial charge in [-0.05, 0) is 58.5 Å². The summed E-state index contributed by atoms with van der Waals surface area (Å²) in [6.45, 7) is 5.76. The fourth-order valence-electron chi connectivity index (χ4n) is 2.91. The van der Waals surface area contributed by atoms with Crippen LogP contribution < -0.4 is 10.6 Å². The van der Waals surface area contributed by atoms with Gasteiger partial charge in [-0.2, -0.15) is 0 Å². The summed E-state index contributed by atoms with van der Waals surface area (Å²) < 4.78 is 0. The van der Waals surface area contributed by atoms with Crippen LogP contribution >= 0.6 is 0 Å². The van der Waals surface area contributed by atoms with Gasteiger partial charge in [0.1, 0.15) is 5.54 Å². The molecule has 2 N–H and O–H groups in total. The molecule has 0 bridgehead atoms. The van der Waals surface area contributed by atoms with Crippen molar-refractivity contribution in [2.75, 3.05) is 32.5 Å². The molecule has 0 aromatic heterocycles. The van der Waals surface area contributed by atoms with Gasteiger partial charge in [0.25, 0.3) is 0 Å². The first-order valence-corrected chi connectivity index (χ1v) is 7.23. The lowest BCUT2D eigenvalue weighted by Gasteiger charge is -2.41. The number of anilines is 1. The van der Waals surface area contributed by atoms with Crippen molar-refractivity contribution in [3.8, 4) is 0 Å². The van der Waals surface area contributed by atoms with Crippen LogP contribution in [-0.2, 0) is 4.79 Å². The Morgan fingerprint density at radius 1 is 1.30 bits per heavy atom. The van der Waals surface area contributed by atoms with Gasteiger partial charge in [-0.1, -0.05) is 18.2 Å². The first kappa shape index (κ1) is 15.0. The molecule has 4 nitrogen and oxygen atoms in total. The lowest BCUT2D eigenvalue weighted by Crippen LogP contribution is -2.62. The molecule has 1 saturated heterocycles. The lowest BCUT2D eigenvalue weighted by atomic mass is 9.87. The van der Waals surface area contributed by atoms with E-state index in [0.29, 0.717) is 6.54 Å². The summed E-state index contributed by atoms with van der Waals surface area (Å²) in [5.74, 6) is 0.0899. The summed E-state index contributed by atoms with van der Waals surface area (Å²) in [7, 11) is 3.97. The molecular formula is C16H25N3O. The second-order valence-corrected chi connectivity index (χ2v) is 5.93. The highest BCUT2D eigenvalue weighted by Crippen LogP contribution is 2.26. The van der Waals surface area contributed by atoms with E-state index in [9.17, 15) is 4.79 Å². The SMILES string of the molecule is Cc1cccc(C)c1NC(=O)C1(N(C)C)CCCNC1. The van der Waals surface area contributed by atoms with E-state index < -0.39 is 5.54 Å². The summed E-state index contributed by atoms with van der Waals surface area (Å²) in [6.07, 6.45) is 1.92. The Morgan fingerprint density at radius 2 is 1.95 bits per heavy atom. The fraction of sp³-hybridized carbons (Fsp3) is 0.562. The van der Waals surface area contributed by atoms with Crippen LogP contribution in [-0.4, -0.2) is 43.5 Å². The molecule has 0 radical (unpaired) electrons. The standard InChI is InChI=1S/C16H25N3O/c1-12-7-5-8-13(2)14(12)18-15(20)16(19(3)4)9-6-10-17-11-16/h5,7-8,17H,6,9-11H2,1-4H3,(H,18,20). The molecule has 1 amide bonds. The number of nitrogens with zero attached hydrogens (tertiary/aromatic N) is 1. The Hall–Kier alpha value is -1.39. The number of carbonyl (C=O) groups is 1. The van der Waals surface area contributed by atoms with Crippen molar-refractivity contribution in [2.45, 2.75) is 32.2 Å². The zero-order chi connectivity index (χ0) is 14.8. The van der Waals surface area contributed by atoms with Crippen molar-refractivity contribution in [1.29, 1.82) is 0 Å². The van der Waals surface area contributed by atoms with Crippen LogP contribution in [0.3, 0.4) is 0 Å². The van der Waals surface area contributed by atoms with Crippen molar-refractivity contribution < 1.29 is 4.79 Å². The maximum atomic E-state index is 12.8. The Morgan fingerprint density at radius 3 is 2.45 bits per heavy atom. The summed E-state index contributed by atoms with van der Waals surface area (Å²) >= 11 is 0. The van der Waals surface area contributed by atoms with Crippen LogP contribution in [0.15, 0.2) is 18.2 Å². The molecule has 2 rings (SSSR count). The summed E-state index contributed by atoms with van der Waals surface area (Å²) in [6, 6.07) is 6.08. The van der Waals surface area contributed by atoms with Crippen LogP contribution in [0.4, 0.5) is 5.69 Å². The molecule has 1 aromatic rings. The van der Waals surface area contributed by atoms with Gasteiger partial charge in [0, 0.05) is 12.2 Å². The van der Waals surface area contributed by atoms with Crippen LogP contribution in [0.1, 0.15) is 24.0 Å². The molecule has 1 aliphatic heterocycles. The summed E-state index contributed by atoms with van der Waals surface area (Å²) in [5.41, 5.74) is 2.71. The molecular weight excluding hydrogens is 250 g/mol. The smallest absolute Gasteiger partial charge is 0.246 e. The van der Waals surface area contributed by atoms with Crippen LogP contribution in [0.2, 0.25) is 0 Å². The van der Waals surface area contributed by atoms with Crippen LogP contribution in [0.5, 0.6) is 0 Å². The molecule has 1 heterocycles. The van der Waals surface area contributed by atoms with Crippen molar-refractivity contribution in [3.63, 3.8) is 0 Å².